The Labute approximate surface area is 136 Å². The van der Waals surface area contributed by atoms with Gasteiger partial charge in [-0.3, -0.25) is 4.79 Å². The summed E-state index contributed by atoms with van der Waals surface area (Å²) >= 11 is 0. The fourth-order valence-electron chi connectivity index (χ4n) is 2.75. The highest BCUT2D eigenvalue weighted by atomic mass is 35.5. The van der Waals surface area contributed by atoms with Gasteiger partial charge in [-0.1, -0.05) is 18.2 Å². The van der Waals surface area contributed by atoms with Crippen molar-refractivity contribution in [3.05, 3.63) is 35.5 Å². The van der Waals surface area contributed by atoms with Crippen molar-refractivity contribution in [3.8, 4) is 0 Å². The van der Waals surface area contributed by atoms with Crippen molar-refractivity contribution in [2.75, 3.05) is 26.3 Å². The van der Waals surface area contributed by atoms with Gasteiger partial charge in [0.1, 0.15) is 6.04 Å². The summed E-state index contributed by atoms with van der Waals surface area (Å²) < 4.78 is 5.30. The fraction of sp³-hybridized carbons (Fsp3) is 0.438. The molecular weight excluding hydrogens is 302 g/mol. The van der Waals surface area contributed by atoms with E-state index in [9.17, 15) is 4.79 Å². The number of aryl methyl sites for hydroxylation is 1. The molecule has 2 aromatic rings. The molecule has 0 saturated carbocycles. The average molecular weight is 324 g/mol. The Morgan fingerprint density at radius 2 is 2.32 bits per heavy atom. The van der Waals surface area contributed by atoms with Gasteiger partial charge in [-0.25, -0.2) is 0 Å². The van der Waals surface area contributed by atoms with Crippen molar-refractivity contribution in [1.29, 1.82) is 0 Å². The van der Waals surface area contributed by atoms with Crippen LogP contribution in [0.4, 0.5) is 0 Å². The largest absolute Gasteiger partial charge is 0.378 e. The molecule has 1 aromatic heterocycles. The second-order valence-electron chi connectivity index (χ2n) is 5.43. The molecule has 1 fully saturated rings. The summed E-state index contributed by atoms with van der Waals surface area (Å²) in [5.41, 5.74) is 3.66. The summed E-state index contributed by atoms with van der Waals surface area (Å²) in [6, 6.07) is 6.06. The van der Waals surface area contributed by atoms with Crippen molar-refractivity contribution in [2.24, 2.45) is 0 Å². The maximum Gasteiger partial charge on any atom is 0.239 e. The molecule has 120 valence electrons. The minimum atomic E-state index is -0.219. The van der Waals surface area contributed by atoms with E-state index in [1.54, 1.807) is 0 Å². The van der Waals surface area contributed by atoms with Crippen LogP contribution in [0.1, 0.15) is 11.1 Å². The molecule has 0 bridgehead atoms. The first kappa shape index (κ1) is 16.8. The SMILES string of the molecule is Cc1cccc2c(CCNC(=O)C3COCCN3)c[nH]c12.Cl. The van der Waals surface area contributed by atoms with Crippen LogP contribution >= 0.6 is 12.4 Å². The minimum absolute atomic E-state index is 0. The van der Waals surface area contributed by atoms with E-state index in [0.717, 1.165) is 13.0 Å². The quantitative estimate of drug-likeness (QED) is 0.799. The fourth-order valence-corrected chi connectivity index (χ4v) is 2.75. The number of H-pyrrole nitrogens is 1. The first-order valence-electron chi connectivity index (χ1n) is 7.40. The van der Waals surface area contributed by atoms with Crippen molar-refractivity contribution in [2.45, 2.75) is 19.4 Å². The lowest BCUT2D eigenvalue weighted by atomic mass is 10.1. The number of hydrogen-bond acceptors (Lipinski definition) is 3. The Balaban J connectivity index is 0.00000176. The van der Waals surface area contributed by atoms with E-state index in [1.165, 1.54) is 22.0 Å². The van der Waals surface area contributed by atoms with Crippen molar-refractivity contribution >= 4 is 29.2 Å². The molecule has 1 atom stereocenters. The predicted molar refractivity (Wildman–Crippen MR) is 89.6 cm³/mol. The number of benzene rings is 1. The number of amides is 1. The highest BCUT2D eigenvalue weighted by Crippen LogP contribution is 2.21. The Bertz CT molecular complexity index is 635. The van der Waals surface area contributed by atoms with Crippen LogP contribution in [-0.4, -0.2) is 43.2 Å². The second kappa shape index (κ2) is 7.63. The van der Waals surface area contributed by atoms with Gasteiger partial charge in [0, 0.05) is 30.2 Å². The number of halogens is 1. The molecule has 22 heavy (non-hydrogen) atoms. The van der Waals surface area contributed by atoms with Crippen LogP contribution in [-0.2, 0) is 16.0 Å². The van der Waals surface area contributed by atoms with Gasteiger partial charge in [0.15, 0.2) is 0 Å². The highest BCUT2D eigenvalue weighted by Gasteiger charge is 2.20. The number of nitrogens with one attached hydrogen (secondary N) is 3. The first-order valence-corrected chi connectivity index (χ1v) is 7.40. The van der Waals surface area contributed by atoms with Gasteiger partial charge < -0.3 is 20.4 Å². The van der Waals surface area contributed by atoms with Gasteiger partial charge in [-0.2, -0.15) is 0 Å². The van der Waals surface area contributed by atoms with Gasteiger partial charge in [-0.05, 0) is 24.5 Å². The molecule has 3 N–H and O–H groups in total. The lowest BCUT2D eigenvalue weighted by Gasteiger charge is -2.22. The van der Waals surface area contributed by atoms with Crippen LogP contribution in [0.25, 0.3) is 10.9 Å². The minimum Gasteiger partial charge on any atom is -0.378 e. The molecule has 2 heterocycles. The highest BCUT2D eigenvalue weighted by molar-refractivity contribution is 5.86. The number of carbonyl (C=O) groups is 1. The number of rotatable bonds is 4. The molecule has 6 heteroatoms. The monoisotopic (exact) mass is 323 g/mol. The third kappa shape index (κ3) is 3.61. The number of aromatic nitrogens is 1. The normalized spacial score (nSPS) is 18.0. The number of aromatic amines is 1. The maximum absolute atomic E-state index is 12.0. The molecule has 1 saturated heterocycles. The van der Waals surface area contributed by atoms with Crippen LogP contribution < -0.4 is 10.6 Å². The van der Waals surface area contributed by atoms with Crippen molar-refractivity contribution in [1.82, 2.24) is 15.6 Å². The van der Waals surface area contributed by atoms with E-state index >= 15 is 0 Å². The van der Waals surface area contributed by atoms with Gasteiger partial charge in [0.25, 0.3) is 0 Å². The summed E-state index contributed by atoms with van der Waals surface area (Å²) in [5, 5.41) is 7.37. The number of ether oxygens (including phenoxy) is 1. The molecule has 0 aliphatic carbocycles. The Morgan fingerprint density at radius 3 is 3.09 bits per heavy atom. The first-order chi connectivity index (χ1) is 10.3. The van der Waals surface area contributed by atoms with Gasteiger partial charge in [-0.15, -0.1) is 12.4 Å². The number of fused-ring (bicyclic) bond motifs is 1. The van der Waals surface area contributed by atoms with Crippen molar-refractivity contribution in [3.63, 3.8) is 0 Å². The summed E-state index contributed by atoms with van der Waals surface area (Å²) in [4.78, 5) is 15.3. The standard InChI is InChI=1S/C16H21N3O2.ClH/c1-11-3-2-4-13-12(9-19-15(11)13)5-6-18-16(20)14-10-21-8-7-17-14;/h2-4,9,14,17,19H,5-8,10H2,1H3,(H,18,20);1H. The molecular formula is C16H22ClN3O2. The molecule has 3 rings (SSSR count). The van der Waals surface area contributed by atoms with Crippen LogP contribution in [0.5, 0.6) is 0 Å². The van der Waals surface area contributed by atoms with Crippen LogP contribution in [0.2, 0.25) is 0 Å². The van der Waals surface area contributed by atoms with Crippen LogP contribution in [0.15, 0.2) is 24.4 Å². The van der Waals surface area contributed by atoms with E-state index in [4.69, 9.17) is 4.74 Å². The Hall–Kier alpha value is -1.56. The zero-order chi connectivity index (χ0) is 14.7. The molecule has 1 aromatic carbocycles. The third-order valence-electron chi connectivity index (χ3n) is 3.94. The van der Waals surface area contributed by atoms with Gasteiger partial charge >= 0.3 is 0 Å². The lowest BCUT2D eigenvalue weighted by molar-refractivity contribution is -0.125. The summed E-state index contributed by atoms with van der Waals surface area (Å²) in [6.45, 7) is 4.60. The van der Waals surface area contributed by atoms with E-state index in [-0.39, 0.29) is 24.4 Å². The van der Waals surface area contributed by atoms with E-state index < -0.39 is 0 Å². The van der Waals surface area contributed by atoms with Gasteiger partial charge in [0.2, 0.25) is 5.91 Å². The number of hydrogen-bond donors (Lipinski definition) is 3. The molecule has 0 radical (unpaired) electrons. The second-order valence-corrected chi connectivity index (χ2v) is 5.43. The number of carbonyl (C=O) groups excluding carboxylic acids is 1. The van der Waals surface area contributed by atoms with E-state index in [2.05, 4.69) is 40.7 Å². The summed E-state index contributed by atoms with van der Waals surface area (Å²) in [7, 11) is 0. The van der Waals surface area contributed by atoms with E-state index in [1.807, 2.05) is 6.20 Å². The van der Waals surface area contributed by atoms with Crippen molar-refractivity contribution < 1.29 is 9.53 Å². The molecule has 0 spiro atoms. The van der Waals surface area contributed by atoms with Gasteiger partial charge in [0.05, 0.1) is 13.2 Å². The average Bonchev–Trinajstić information content (AvgIpc) is 2.93. The number of morpholine rings is 1. The molecule has 1 unspecified atom stereocenters. The predicted octanol–water partition coefficient (Wildman–Crippen LogP) is 1.55. The lowest BCUT2D eigenvalue weighted by Crippen LogP contribution is -2.51. The molecule has 1 aliphatic rings. The smallest absolute Gasteiger partial charge is 0.239 e. The van der Waals surface area contributed by atoms with E-state index in [0.29, 0.717) is 19.8 Å². The summed E-state index contributed by atoms with van der Waals surface area (Å²) in [5.74, 6) is 0.0192. The molecule has 1 aliphatic heterocycles. The zero-order valence-electron chi connectivity index (χ0n) is 12.6. The molecule has 5 nitrogen and oxygen atoms in total. The summed E-state index contributed by atoms with van der Waals surface area (Å²) in [6.07, 6.45) is 2.86. The Morgan fingerprint density at radius 1 is 1.45 bits per heavy atom. The maximum atomic E-state index is 12.0. The van der Waals surface area contributed by atoms with Crippen LogP contribution in [0, 0.1) is 6.92 Å². The topological polar surface area (TPSA) is 66.2 Å². The zero-order valence-corrected chi connectivity index (χ0v) is 13.5. The Kier molecular flexibility index (Phi) is 5.83. The number of para-hydroxylation sites is 1. The molecule has 1 amide bonds. The third-order valence-corrected chi connectivity index (χ3v) is 3.94. The van der Waals surface area contributed by atoms with Crippen LogP contribution in [0.3, 0.4) is 0 Å².